The highest BCUT2D eigenvalue weighted by atomic mass is 32.2. The fourth-order valence-corrected chi connectivity index (χ4v) is 4.39. The third kappa shape index (κ3) is 7.18. The van der Waals surface area contributed by atoms with Gasteiger partial charge in [-0.2, -0.15) is 13.2 Å². The predicted molar refractivity (Wildman–Crippen MR) is 110 cm³/mol. The Bertz CT molecular complexity index is 802. The summed E-state index contributed by atoms with van der Waals surface area (Å²) in [5, 5.41) is 4.95. The first-order valence-electron chi connectivity index (χ1n) is 9.08. The van der Waals surface area contributed by atoms with Crippen LogP contribution in [-0.2, 0) is 9.53 Å². The van der Waals surface area contributed by atoms with E-state index >= 15 is 0 Å². The van der Waals surface area contributed by atoms with E-state index in [0.29, 0.717) is 25.3 Å². The lowest BCUT2D eigenvalue weighted by Crippen LogP contribution is -2.43. The average Bonchev–Trinajstić information content (AvgIpc) is 3.22. The molecule has 2 heterocycles. The Morgan fingerprint density at radius 3 is 2.59 bits per heavy atom. The third-order valence-electron chi connectivity index (χ3n) is 4.37. The fourth-order valence-electron chi connectivity index (χ4n) is 2.99. The molecule has 0 aliphatic carbocycles. The number of hydrogen-bond acceptors (Lipinski definition) is 5. The van der Waals surface area contributed by atoms with Crippen LogP contribution >= 0.6 is 23.1 Å². The Morgan fingerprint density at radius 2 is 1.97 bits per heavy atom. The van der Waals surface area contributed by atoms with Crippen molar-refractivity contribution >= 4 is 35.1 Å². The second-order valence-corrected chi connectivity index (χ2v) is 8.49. The van der Waals surface area contributed by atoms with Crippen LogP contribution in [0.2, 0.25) is 0 Å². The maximum Gasteiger partial charge on any atom is 0.446 e. The number of rotatable bonds is 7. The summed E-state index contributed by atoms with van der Waals surface area (Å²) in [6.07, 6.45) is 2.99. The minimum absolute atomic E-state index is 0.0925. The summed E-state index contributed by atoms with van der Waals surface area (Å²) in [6.45, 7) is 3.47. The van der Waals surface area contributed by atoms with Crippen molar-refractivity contribution in [2.24, 2.45) is 0 Å². The van der Waals surface area contributed by atoms with Crippen molar-refractivity contribution in [1.29, 1.82) is 0 Å². The smallest absolute Gasteiger partial charge is 0.379 e. The van der Waals surface area contributed by atoms with Gasteiger partial charge in [-0.15, -0.1) is 11.3 Å². The van der Waals surface area contributed by atoms with Gasteiger partial charge >= 0.3 is 5.51 Å². The van der Waals surface area contributed by atoms with Gasteiger partial charge < -0.3 is 10.1 Å². The fraction of sp³-hybridized carbons (Fsp3) is 0.350. The largest absolute Gasteiger partial charge is 0.446 e. The number of alkyl halides is 3. The number of nitrogens with zero attached hydrogens (tertiary/aromatic N) is 1. The van der Waals surface area contributed by atoms with Gasteiger partial charge in [0, 0.05) is 35.5 Å². The van der Waals surface area contributed by atoms with E-state index in [4.69, 9.17) is 4.74 Å². The molecule has 3 rings (SSSR count). The van der Waals surface area contributed by atoms with Crippen LogP contribution in [0.15, 0.2) is 52.7 Å². The normalized spacial score (nSPS) is 16.8. The molecule has 29 heavy (non-hydrogen) atoms. The molecule has 156 valence electrons. The van der Waals surface area contributed by atoms with Crippen molar-refractivity contribution in [1.82, 2.24) is 10.2 Å². The molecule has 0 spiro atoms. The van der Waals surface area contributed by atoms with Crippen LogP contribution in [0, 0.1) is 0 Å². The van der Waals surface area contributed by atoms with Crippen molar-refractivity contribution in [3.8, 4) is 0 Å². The lowest BCUT2D eigenvalue weighted by molar-refractivity contribution is -0.116. The van der Waals surface area contributed by atoms with Crippen molar-refractivity contribution < 1.29 is 22.7 Å². The number of nitrogens with one attached hydrogen (secondary N) is 1. The number of carbonyl (C=O) groups excluding carboxylic acids is 1. The number of benzene rings is 1. The molecule has 9 heteroatoms. The van der Waals surface area contributed by atoms with Crippen molar-refractivity contribution in [3.05, 3.63) is 58.3 Å². The second-order valence-electron chi connectivity index (χ2n) is 6.37. The van der Waals surface area contributed by atoms with E-state index in [-0.39, 0.29) is 28.6 Å². The number of amides is 1. The van der Waals surface area contributed by atoms with Gasteiger partial charge in [-0.1, -0.05) is 18.2 Å². The Balaban J connectivity index is 1.55. The van der Waals surface area contributed by atoms with Crippen molar-refractivity contribution in [3.63, 3.8) is 0 Å². The highest BCUT2D eigenvalue weighted by Gasteiger charge is 2.29. The summed E-state index contributed by atoms with van der Waals surface area (Å²) in [5.74, 6) is -0.242. The van der Waals surface area contributed by atoms with Gasteiger partial charge in [0.2, 0.25) is 5.91 Å². The lowest BCUT2D eigenvalue weighted by atomic mass is 10.2. The molecule has 0 radical (unpaired) electrons. The van der Waals surface area contributed by atoms with Crippen LogP contribution in [0.4, 0.5) is 13.2 Å². The molecule has 1 unspecified atom stereocenters. The van der Waals surface area contributed by atoms with E-state index in [9.17, 15) is 18.0 Å². The van der Waals surface area contributed by atoms with E-state index in [0.717, 1.165) is 13.1 Å². The van der Waals surface area contributed by atoms with Gasteiger partial charge in [-0.05, 0) is 47.0 Å². The van der Waals surface area contributed by atoms with E-state index in [1.165, 1.54) is 23.1 Å². The quantitative estimate of drug-likeness (QED) is 0.504. The van der Waals surface area contributed by atoms with Crippen LogP contribution in [-0.4, -0.2) is 49.2 Å². The number of hydrogen-bond donors (Lipinski definition) is 1. The maximum atomic E-state index is 12.4. The topological polar surface area (TPSA) is 41.6 Å². The van der Waals surface area contributed by atoms with Gasteiger partial charge in [0.1, 0.15) is 0 Å². The zero-order valence-corrected chi connectivity index (χ0v) is 17.2. The zero-order chi connectivity index (χ0) is 20.7. The average molecular weight is 443 g/mol. The molecule has 1 aromatic heterocycles. The zero-order valence-electron chi connectivity index (χ0n) is 15.5. The number of thiophene rings is 1. The van der Waals surface area contributed by atoms with Crippen LogP contribution in [0.3, 0.4) is 0 Å². The van der Waals surface area contributed by atoms with Crippen LogP contribution in [0.5, 0.6) is 0 Å². The maximum absolute atomic E-state index is 12.4. The molecule has 1 aliphatic heterocycles. The summed E-state index contributed by atoms with van der Waals surface area (Å²) in [5.41, 5.74) is -3.65. The Kier molecular flexibility index (Phi) is 7.77. The van der Waals surface area contributed by atoms with Gasteiger partial charge in [0.15, 0.2) is 0 Å². The molecule has 1 atom stereocenters. The molecule has 1 N–H and O–H groups in total. The number of carbonyl (C=O) groups is 1. The summed E-state index contributed by atoms with van der Waals surface area (Å²) in [6, 6.07) is 10.0. The van der Waals surface area contributed by atoms with E-state index in [1.54, 1.807) is 29.5 Å². The molecule has 1 aliphatic rings. The molecular formula is C20H21F3N2O2S2. The Morgan fingerprint density at radius 1 is 1.24 bits per heavy atom. The highest BCUT2D eigenvalue weighted by Crippen LogP contribution is 2.36. The minimum atomic E-state index is -4.31. The molecule has 0 saturated carbocycles. The van der Waals surface area contributed by atoms with Gasteiger partial charge in [-0.3, -0.25) is 9.69 Å². The molecule has 0 bridgehead atoms. The van der Waals surface area contributed by atoms with E-state index < -0.39 is 5.51 Å². The highest BCUT2D eigenvalue weighted by molar-refractivity contribution is 8.00. The number of ether oxygens (including phenoxy) is 1. The Hall–Kier alpha value is -1.81. The molecule has 1 saturated heterocycles. The molecule has 1 aromatic carbocycles. The first kappa shape index (κ1) is 21.9. The molecule has 4 nitrogen and oxygen atoms in total. The van der Waals surface area contributed by atoms with Crippen LogP contribution < -0.4 is 5.32 Å². The van der Waals surface area contributed by atoms with E-state index in [2.05, 4.69) is 16.3 Å². The monoisotopic (exact) mass is 442 g/mol. The molecule has 1 amide bonds. The number of morpholine rings is 1. The Labute approximate surface area is 175 Å². The van der Waals surface area contributed by atoms with Gasteiger partial charge in [-0.25, -0.2) is 0 Å². The van der Waals surface area contributed by atoms with Gasteiger partial charge in [0.05, 0.1) is 19.3 Å². The molecule has 1 fully saturated rings. The number of thioether (sulfide) groups is 1. The summed E-state index contributed by atoms with van der Waals surface area (Å²) >= 11 is 1.50. The first-order valence-corrected chi connectivity index (χ1v) is 10.8. The third-order valence-corrected chi connectivity index (χ3v) is 6.08. The van der Waals surface area contributed by atoms with Crippen molar-refractivity contribution in [2.45, 2.75) is 16.4 Å². The van der Waals surface area contributed by atoms with Crippen molar-refractivity contribution in [2.75, 3.05) is 32.8 Å². The lowest BCUT2D eigenvalue weighted by Gasteiger charge is -2.34. The predicted octanol–water partition coefficient (Wildman–Crippen LogP) is 4.56. The number of halogens is 3. The van der Waals surface area contributed by atoms with Crippen LogP contribution in [0.1, 0.15) is 16.5 Å². The van der Waals surface area contributed by atoms with Gasteiger partial charge in [0.25, 0.3) is 0 Å². The first-order chi connectivity index (χ1) is 13.9. The molecule has 2 aromatic rings. The van der Waals surface area contributed by atoms with E-state index in [1.807, 2.05) is 11.4 Å². The van der Waals surface area contributed by atoms with Crippen LogP contribution in [0.25, 0.3) is 6.08 Å². The summed E-state index contributed by atoms with van der Waals surface area (Å²) < 4.78 is 42.5. The standard InChI is InChI=1S/C20H21F3N2O2S2/c21-20(22,23)29-16-6-3-15(4-7-16)5-8-19(26)24-14-17(18-2-1-13-28-18)25-9-11-27-12-10-25/h1-8,13,17H,9-12,14H2,(H,24,26). The summed E-state index contributed by atoms with van der Waals surface area (Å²) in [4.78, 5) is 15.8. The summed E-state index contributed by atoms with van der Waals surface area (Å²) in [7, 11) is 0. The second kappa shape index (κ2) is 10.3. The SMILES string of the molecule is O=C(C=Cc1ccc(SC(F)(F)F)cc1)NCC(c1cccs1)N1CCOCC1. The molecular weight excluding hydrogens is 421 g/mol. The minimum Gasteiger partial charge on any atom is -0.379 e.